The minimum atomic E-state index is 0.297. The number of aliphatic hydroxyl groups excluding tert-OH is 1. The number of piperazine rings is 1. The second-order valence-corrected chi connectivity index (χ2v) is 8.10. The molecule has 0 bridgehead atoms. The third-order valence-corrected chi connectivity index (χ3v) is 6.13. The van der Waals surface area contributed by atoms with Gasteiger partial charge >= 0.3 is 0 Å². The van der Waals surface area contributed by atoms with Gasteiger partial charge in [-0.2, -0.15) is 0 Å². The van der Waals surface area contributed by atoms with Crippen LogP contribution in [0.2, 0.25) is 0 Å². The summed E-state index contributed by atoms with van der Waals surface area (Å²) in [6, 6.07) is 7.98. The monoisotopic (exact) mass is 345 g/mol. The number of aryl methyl sites for hydroxylation is 2. The number of aliphatic hydroxyl groups is 1. The highest BCUT2D eigenvalue weighted by Crippen LogP contribution is 2.24. The maximum atomic E-state index is 9.58. The van der Waals surface area contributed by atoms with Crippen LogP contribution in [-0.2, 0) is 6.54 Å². The van der Waals surface area contributed by atoms with Crippen LogP contribution in [0, 0.1) is 13.8 Å². The predicted octanol–water partition coefficient (Wildman–Crippen LogP) is 2.27. The molecular weight excluding hydrogens is 310 g/mol. The summed E-state index contributed by atoms with van der Waals surface area (Å²) >= 11 is 0. The van der Waals surface area contributed by atoms with Crippen LogP contribution in [0.25, 0.3) is 0 Å². The van der Waals surface area contributed by atoms with Crippen molar-refractivity contribution in [3.63, 3.8) is 0 Å². The molecule has 1 atom stereocenters. The van der Waals surface area contributed by atoms with Gasteiger partial charge in [0, 0.05) is 44.9 Å². The average Bonchev–Trinajstić information content (AvgIpc) is 2.60. The lowest BCUT2D eigenvalue weighted by Gasteiger charge is -2.47. The minimum absolute atomic E-state index is 0.297. The SMILES string of the molecule is Cc1ccc(C)c(CN2CCN(C3CCN(C)CC3)[C@@H](CCO)C2)c1. The number of hydrogen-bond donors (Lipinski definition) is 1. The van der Waals surface area contributed by atoms with Crippen molar-refractivity contribution in [2.75, 3.05) is 46.4 Å². The molecule has 0 unspecified atom stereocenters. The molecule has 0 spiro atoms. The fourth-order valence-electron chi connectivity index (χ4n) is 4.50. The van der Waals surface area contributed by atoms with E-state index in [-0.39, 0.29) is 0 Å². The van der Waals surface area contributed by atoms with E-state index in [1.807, 2.05) is 0 Å². The summed E-state index contributed by atoms with van der Waals surface area (Å²) in [4.78, 5) is 7.74. The maximum absolute atomic E-state index is 9.58. The van der Waals surface area contributed by atoms with Crippen molar-refractivity contribution < 1.29 is 5.11 Å². The minimum Gasteiger partial charge on any atom is -0.396 e. The van der Waals surface area contributed by atoms with E-state index in [0.717, 1.165) is 32.6 Å². The number of likely N-dealkylation sites (tertiary alicyclic amines) is 1. The third kappa shape index (κ3) is 4.82. The van der Waals surface area contributed by atoms with Crippen molar-refractivity contribution in [2.24, 2.45) is 0 Å². The molecule has 1 aromatic rings. The quantitative estimate of drug-likeness (QED) is 0.887. The molecular formula is C21H35N3O. The van der Waals surface area contributed by atoms with E-state index < -0.39 is 0 Å². The molecule has 4 nitrogen and oxygen atoms in total. The van der Waals surface area contributed by atoms with Gasteiger partial charge in [-0.25, -0.2) is 0 Å². The van der Waals surface area contributed by atoms with E-state index in [4.69, 9.17) is 0 Å². The maximum Gasteiger partial charge on any atom is 0.0446 e. The van der Waals surface area contributed by atoms with E-state index in [1.165, 1.54) is 42.6 Å². The van der Waals surface area contributed by atoms with Gasteiger partial charge in [-0.05, 0) is 64.4 Å². The molecule has 0 radical (unpaired) electrons. The molecule has 1 N–H and O–H groups in total. The normalized spacial score (nSPS) is 24.7. The number of hydrogen-bond acceptors (Lipinski definition) is 4. The van der Waals surface area contributed by atoms with Crippen LogP contribution < -0.4 is 0 Å². The first-order valence-corrected chi connectivity index (χ1v) is 9.90. The summed E-state index contributed by atoms with van der Waals surface area (Å²) in [6.07, 6.45) is 3.44. The van der Waals surface area contributed by atoms with Crippen molar-refractivity contribution in [1.82, 2.24) is 14.7 Å². The average molecular weight is 346 g/mol. The van der Waals surface area contributed by atoms with E-state index in [9.17, 15) is 5.11 Å². The summed E-state index contributed by atoms with van der Waals surface area (Å²) in [6.45, 7) is 11.5. The first-order chi connectivity index (χ1) is 12.1. The third-order valence-electron chi connectivity index (χ3n) is 6.13. The van der Waals surface area contributed by atoms with E-state index in [0.29, 0.717) is 18.7 Å². The molecule has 0 aliphatic carbocycles. The zero-order valence-corrected chi connectivity index (χ0v) is 16.2. The van der Waals surface area contributed by atoms with Crippen molar-refractivity contribution in [3.8, 4) is 0 Å². The molecule has 0 saturated carbocycles. The van der Waals surface area contributed by atoms with Crippen molar-refractivity contribution in [1.29, 1.82) is 0 Å². The Kier molecular flexibility index (Phi) is 6.50. The lowest BCUT2D eigenvalue weighted by atomic mass is 9.97. The van der Waals surface area contributed by atoms with Gasteiger partial charge in [0.25, 0.3) is 0 Å². The molecule has 2 fully saturated rings. The lowest BCUT2D eigenvalue weighted by Crippen LogP contribution is -2.58. The Morgan fingerprint density at radius 2 is 1.84 bits per heavy atom. The Morgan fingerprint density at radius 1 is 1.08 bits per heavy atom. The van der Waals surface area contributed by atoms with Gasteiger partial charge < -0.3 is 10.0 Å². The molecule has 140 valence electrons. The molecule has 2 heterocycles. The summed E-state index contributed by atoms with van der Waals surface area (Å²) in [5.41, 5.74) is 4.19. The lowest BCUT2D eigenvalue weighted by molar-refractivity contribution is 0.00594. The predicted molar refractivity (Wildman–Crippen MR) is 104 cm³/mol. The van der Waals surface area contributed by atoms with E-state index in [2.05, 4.69) is 53.8 Å². The van der Waals surface area contributed by atoms with Gasteiger partial charge in [0.15, 0.2) is 0 Å². The molecule has 3 rings (SSSR count). The molecule has 2 aliphatic rings. The summed E-state index contributed by atoms with van der Waals surface area (Å²) in [7, 11) is 2.23. The highest BCUT2D eigenvalue weighted by molar-refractivity contribution is 5.30. The number of rotatable bonds is 5. The molecule has 2 aliphatic heterocycles. The Hall–Kier alpha value is -0.940. The van der Waals surface area contributed by atoms with Crippen molar-refractivity contribution in [3.05, 3.63) is 34.9 Å². The standard InChI is InChI=1S/C21H35N3O/c1-17-4-5-18(2)19(14-17)15-23-11-12-24(21(16-23)8-13-25)20-6-9-22(3)10-7-20/h4-5,14,20-21,25H,6-13,15-16H2,1-3H3/t21-/m0/s1. The van der Waals surface area contributed by atoms with Crippen LogP contribution in [0.3, 0.4) is 0 Å². The largest absolute Gasteiger partial charge is 0.396 e. The van der Waals surface area contributed by atoms with Crippen LogP contribution in [0.1, 0.15) is 36.0 Å². The van der Waals surface area contributed by atoms with Crippen LogP contribution in [0.5, 0.6) is 0 Å². The highest BCUT2D eigenvalue weighted by Gasteiger charge is 2.33. The zero-order chi connectivity index (χ0) is 17.8. The summed E-state index contributed by atoms with van der Waals surface area (Å²) in [5.74, 6) is 0. The smallest absolute Gasteiger partial charge is 0.0446 e. The van der Waals surface area contributed by atoms with Crippen molar-refractivity contribution >= 4 is 0 Å². The second kappa shape index (κ2) is 8.63. The molecule has 0 aromatic heterocycles. The summed E-state index contributed by atoms with van der Waals surface area (Å²) in [5, 5.41) is 9.58. The molecule has 0 amide bonds. The Morgan fingerprint density at radius 3 is 2.56 bits per heavy atom. The molecule has 1 aromatic carbocycles. The number of piperidine rings is 1. The fourth-order valence-corrected chi connectivity index (χ4v) is 4.50. The summed E-state index contributed by atoms with van der Waals surface area (Å²) < 4.78 is 0. The van der Waals surface area contributed by atoms with Crippen molar-refractivity contribution in [2.45, 2.75) is 51.7 Å². The van der Waals surface area contributed by atoms with Crippen LogP contribution in [0.4, 0.5) is 0 Å². The van der Waals surface area contributed by atoms with Gasteiger partial charge in [0.2, 0.25) is 0 Å². The molecule has 4 heteroatoms. The van der Waals surface area contributed by atoms with Gasteiger partial charge in [-0.1, -0.05) is 23.8 Å². The van der Waals surface area contributed by atoms with E-state index >= 15 is 0 Å². The first-order valence-electron chi connectivity index (χ1n) is 9.90. The van der Waals surface area contributed by atoms with Gasteiger partial charge in [-0.3, -0.25) is 9.80 Å². The highest BCUT2D eigenvalue weighted by atomic mass is 16.3. The van der Waals surface area contributed by atoms with Gasteiger partial charge in [-0.15, -0.1) is 0 Å². The Balaban J connectivity index is 1.63. The van der Waals surface area contributed by atoms with Crippen LogP contribution in [0.15, 0.2) is 18.2 Å². The van der Waals surface area contributed by atoms with E-state index in [1.54, 1.807) is 0 Å². The first kappa shape index (κ1) is 18.8. The van der Waals surface area contributed by atoms with Gasteiger partial charge in [0.1, 0.15) is 0 Å². The zero-order valence-electron chi connectivity index (χ0n) is 16.2. The number of nitrogens with zero attached hydrogens (tertiary/aromatic N) is 3. The van der Waals surface area contributed by atoms with Crippen LogP contribution >= 0.6 is 0 Å². The Bertz CT molecular complexity index is 554. The second-order valence-electron chi connectivity index (χ2n) is 8.10. The van der Waals surface area contributed by atoms with Crippen LogP contribution in [-0.4, -0.2) is 78.3 Å². The molecule has 2 saturated heterocycles. The molecule has 25 heavy (non-hydrogen) atoms. The number of benzene rings is 1. The fraction of sp³-hybridized carbons (Fsp3) is 0.714. The topological polar surface area (TPSA) is 30.0 Å². The Labute approximate surface area is 153 Å². The van der Waals surface area contributed by atoms with Gasteiger partial charge in [0.05, 0.1) is 0 Å².